The predicted octanol–water partition coefficient (Wildman–Crippen LogP) is 5.04. The molecule has 1 spiro atoms. The molecule has 0 atom stereocenters. The van der Waals surface area contributed by atoms with E-state index in [1.807, 2.05) is 22.9 Å². The van der Waals surface area contributed by atoms with Crippen molar-refractivity contribution in [3.05, 3.63) is 48.2 Å². The van der Waals surface area contributed by atoms with E-state index in [4.69, 9.17) is 5.10 Å². The van der Waals surface area contributed by atoms with Gasteiger partial charge in [0, 0.05) is 55.1 Å². The maximum atomic E-state index is 12.8. The number of nitrogens with zero attached hydrogens (tertiary/aromatic N) is 4. The first-order valence-electron chi connectivity index (χ1n) is 11.6. The highest BCUT2D eigenvalue weighted by Crippen LogP contribution is 2.42. The molecule has 2 aromatic rings. The molecule has 34 heavy (non-hydrogen) atoms. The molecule has 9 heteroatoms. The number of amides is 1. The van der Waals surface area contributed by atoms with Crippen molar-refractivity contribution in [2.24, 2.45) is 5.41 Å². The molecule has 2 aliphatic heterocycles. The molecule has 0 bridgehead atoms. The number of carbonyl (C=O) groups excluding carboxylic acids is 1. The van der Waals surface area contributed by atoms with Crippen LogP contribution in [0.3, 0.4) is 0 Å². The van der Waals surface area contributed by atoms with Crippen LogP contribution in [0.5, 0.6) is 0 Å². The molecule has 2 saturated heterocycles. The van der Waals surface area contributed by atoms with Gasteiger partial charge in [0.05, 0.1) is 5.69 Å². The van der Waals surface area contributed by atoms with Gasteiger partial charge in [-0.15, -0.1) is 0 Å². The first-order valence-corrected chi connectivity index (χ1v) is 11.6. The number of halogens is 3. The monoisotopic (exact) mass is 476 g/mol. The largest absolute Gasteiger partial charge is 0.508 e. The summed E-state index contributed by atoms with van der Waals surface area (Å²) < 4.78 is 40.3. The molecule has 0 saturated carbocycles. The van der Waals surface area contributed by atoms with Crippen LogP contribution in [0, 0.1) is 5.41 Å². The average Bonchev–Trinajstić information content (AvgIpc) is 3.38. The predicted molar refractivity (Wildman–Crippen MR) is 124 cm³/mol. The van der Waals surface area contributed by atoms with Crippen LogP contribution in [-0.4, -0.2) is 62.9 Å². The Morgan fingerprint density at radius 2 is 1.88 bits per heavy atom. The summed E-state index contributed by atoms with van der Waals surface area (Å²) in [5, 5.41) is 14.6. The maximum absolute atomic E-state index is 12.8. The number of aromatic nitrogens is 2. The standard InChI is InChI=1S/C25H31F3N4O2/c1-17(2)32-15-21(22(29-32)20-6-4-5-19(13-20)18(3)33)14-30-10-7-24(16-30)8-11-31(12-9-24)23(34)25(26,27)28/h4-6,13,15,17,33H,3,7-12,14,16H2,1-2H3. The first-order chi connectivity index (χ1) is 16.0. The fourth-order valence-corrected chi connectivity index (χ4v) is 5.07. The molecule has 0 unspecified atom stereocenters. The number of likely N-dealkylation sites (tertiary alicyclic amines) is 2. The summed E-state index contributed by atoms with van der Waals surface area (Å²) in [6, 6.07) is 7.68. The van der Waals surface area contributed by atoms with E-state index in [0.29, 0.717) is 24.9 Å². The van der Waals surface area contributed by atoms with Gasteiger partial charge in [-0.1, -0.05) is 24.8 Å². The van der Waals surface area contributed by atoms with Crippen molar-refractivity contribution in [3.63, 3.8) is 0 Å². The lowest BCUT2D eigenvalue weighted by Gasteiger charge is -2.39. The van der Waals surface area contributed by atoms with Gasteiger partial charge >= 0.3 is 12.1 Å². The molecule has 1 aromatic heterocycles. The maximum Gasteiger partial charge on any atom is 0.471 e. The Kier molecular flexibility index (Phi) is 6.50. The van der Waals surface area contributed by atoms with Crippen LogP contribution in [0.2, 0.25) is 0 Å². The molecule has 184 valence electrons. The van der Waals surface area contributed by atoms with E-state index >= 15 is 0 Å². The van der Waals surface area contributed by atoms with E-state index in [0.717, 1.165) is 41.2 Å². The zero-order valence-electron chi connectivity index (χ0n) is 19.6. The number of carbonyl (C=O) groups is 1. The molecule has 2 aliphatic rings. The average molecular weight is 477 g/mol. The third-order valence-corrected chi connectivity index (χ3v) is 7.07. The Hall–Kier alpha value is -2.81. The van der Waals surface area contributed by atoms with Gasteiger partial charge in [-0.05, 0) is 51.1 Å². The Morgan fingerprint density at radius 3 is 2.50 bits per heavy atom. The van der Waals surface area contributed by atoms with E-state index in [9.17, 15) is 23.1 Å². The lowest BCUT2D eigenvalue weighted by atomic mass is 9.78. The van der Waals surface area contributed by atoms with Crippen molar-refractivity contribution in [2.75, 3.05) is 26.2 Å². The van der Waals surface area contributed by atoms with Crippen LogP contribution in [0.4, 0.5) is 13.2 Å². The smallest absolute Gasteiger partial charge is 0.471 e. The molecule has 1 N–H and O–H groups in total. The number of alkyl halides is 3. The van der Waals surface area contributed by atoms with Gasteiger partial charge in [-0.2, -0.15) is 18.3 Å². The second-order valence-electron chi connectivity index (χ2n) is 9.85. The van der Waals surface area contributed by atoms with Gasteiger partial charge in [0.1, 0.15) is 5.76 Å². The number of hydrogen-bond acceptors (Lipinski definition) is 4. The molecule has 1 aromatic carbocycles. The topological polar surface area (TPSA) is 61.6 Å². The number of piperidine rings is 1. The Bertz CT molecular complexity index is 1070. The van der Waals surface area contributed by atoms with Gasteiger partial charge in [0.15, 0.2) is 0 Å². The lowest BCUT2D eigenvalue weighted by molar-refractivity contribution is -0.187. The zero-order chi connectivity index (χ0) is 24.7. The fraction of sp³-hybridized carbons (Fsp3) is 0.520. The van der Waals surface area contributed by atoms with Gasteiger partial charge in [-0.25, -0.2) is 0 Å². The summed E-state index contributed by atoms with van der Waals surface area (Å²) in [6.45, 7) is 10.4. The molecule has 0 aliphatic carbocycles. The third-order valence-electron chi connectivity index (χ3n) is 7.07. The minimum absolute atomic E-state index is 0.00326. The number of benzene rings is 1. The minimum atomic E-state index is -4.81. The first kappa shape index (κ1) is 24.3. The van der Waals surface area contributed by atoms with E-state index in [1.165, 1.54) is 0 Å². The highest BCUT2D eigenvalue weighted by atomic mass is 19.4. The normalized spacial score (nSPS) is 18.7. The van der Waals surface area contributed by atoms with Gasteiger partial charge < -0.3 is 10.0 Å². The van der Waals surface area contributed by atoms with Crippen molar-refractivity contribution in [1.29, 1.82) is 0 Å². The molecule has 1 amide bonds. The van der Waals surface area contributed by atoms with Gasteiger partial charge in [0.2, 0.25) is 0 Å². The molecule has 4 rings (SSSR count). The number of aliphatic hydroxyl groups is 1. The second kappa shape index (κ2) is 9.09. The summed E-state index contributed by atoms with van der Waals surface area (Å²) in [6.07, 6.45) is -0.669. The van der Waals surface area contributed by atoms with E-state index in [-0.39, 0.29) is 30.3 Å². The Labute approximate surface area is 197 Å². The van der Waals surface area contributed by atoms with Crippen molar-refractivity contribution in [3.8, 4) is 11.3 Å². The number of aliphatic hydroxyl groups excluding tert-OH is 1. The minimum Gasteiger partial charge on any atom is -0.508 e. The molecular weight excluding hydrogens is 445 g/mol. The zero-order valence-corrected chi connectivity index (χ0v) is 19.6. The summed E-state index contributed by atoms with van der Waals surface area (Å²) >= 11 is 0. The fourth-order valence-electron chi connectivity index (χ4n) is 5.07. The highest BCUT2D eigenvalue weighted by molar-refractivity contribution is 5.82. The van der Waals surface area contributed by atoms with E-state index in [1.54, 1.807) is 6.07 Å². The van der Waals surface area contributed by atoms with Crippen molar-refractivity contribution < 1.29 is 23.1 Å². The van der Waals surface area contributed by atoms with Crippen molar-refractivity contribution in [1.82, 2.24) is 19.6 Å². The molecule has 0 radical (unpaired) electrons. The quantitative estimate of drug-likeness (QED) is 0.615. The lowest BCUT2D eigenvalue weighted by Crippen LogP contribution is -2.48. The summed E-state index contributed by atoms with van der Waals surface area (Å²) in [4.78, 5) is 14.9. The molecule has 2 fully saturated rings. The summed E-state index contributed by atoms with van der Waals surface area (Å²) in [7, 11) is 0. The van der Waals surface area contributed by atoms with Gasteiger partial charge in [0.25, 0.3) is 0 Å². The Balaban J connectivity index is 1.48. The summed E-state index contributed by atoms with van der Waals surface area (Å²) in [5.41, 5.74) is 3.41. The van der Waals surface area contributed by atoms with Gasteiger partial charge in [-0.3, -0.25) is 14.4 Å². The van der Waals surface area contributed by atoms with Crippen LogP contribution in [-0.2, 0) is 11.3 Å². The highest BCUT2D eigenvalue weighted by Gasteiger charge is 2.47. The SMILES string of the molecule is C=C(O)c1cccc(-c2nn(C(C)C)cc2CN2CCC3(CCN(C(=O)C(F)(F)F)CC3)C2)c1. The number of hydrogen-bond donors (Lipinski definition) is 1. The molecule has 6 nitrogen and oxygen atoms in total. The Morgan fingerprint density at radius 1 is 1.21 bits per heavy atom. The van der Waals surface area contributed by atoms with Crippen molar-refractivity contribution in [2.45, 2.75) is 51.9 Å². The number of rotatable bonds is 5. The van der Waals surface area contributed by atoms with Crippen LogP contribution < -0.4 is 0 Å². The molecule has 3 heterocycles. The van der Waals surface area contributed by atoms with Crippen LogP contribution in [0.25, 0.3) is 17.0 Å². The van der Waals surface area contributed by atoms with E-state index in [2.05, 4.69) is 31.5 Å². The van der Waals surface area contributed by atoms with Crippen LogP contribution in [0.1, 0.15) is 50.3 Å². The third kappa shape index (κ3) is 4.99. The van der Waals surface area contributed by atoms with E-state index < -0.39 is 12.1 Å². The van der Waals surface area contributed by atoms with Crippen molar-refractivity contribution >= 4 is 11.7 Å². The van der Waals surface area contributed by atoms with Crippen LogP contribution in [0.15, 0.2) is 37.0 Å². The summed E-state index contributed by atoms with van der Waals surface area (Å²) in [5.74, 6) is -1.72. The molecular formula is C25H31F3N4O2. The van der Waals surface area contributed by atoms with Crippen LogP contribution >= 0.6 is 0 Å². The second-order valence-corrected chi connectivity index (χ2v) is 9.85.